The molecule has 0 saturated carbocycles. The Bertz CT molecular complexity index is 377. The molecule has 2 rings (SSSR count). The number of likely N-dealkylation sites (tertiary alicyclic amines) is 2. The van der Waals surface area contributed by atoms with E-state index in [1.807, 2.05) is 11.8 Å². The van der Waals surface area contributed by atoms with Gasteiger partial charge in [-0.1, -0.05) is 12.8 Å². The van der Waals surface area contributed by atoms with Crippen LogP contribution in [0.25, 0.3) is 0 Å². The third-order valence-electron chi connectivity index (χ3n) is 4.59. The highest BCUT2D eigenvalue weighted by atomic mass is 127. The molecule has 6 nitrogen and oxygen atoms in total. The minimum Gasteiger partial charge on any atom is -0.357 e. The molecule has 2 heterocycles. The van der Waals surface area contributed by atoms with Crippen LogP contribution in [-0.4, -0.2) is 74.0 Å². The van der Waals surface area contributed by atoms with Gasteiger partial charge in [-0.15, -0.1) is 24.0 Å². The average Bonchev–Trinajstić information content (AvgIpc) is 2.97. The number of nitrogens with zero attached hydrogens (tertiary/aromatic N) is 3. The predicted molar refractivity (Wildman–Crippen MR) is 110 cm³/mol. The minimum atomic E-state index is 0. The van der Waals surface area contributed by atoms with Gasteiger partial charge in [0.2, 0.25) is 5.91 Å². The molecule has 140 valence electrons. The van der Waals surface area contributed by atoms with Crippen molar-refractivity contribution in [3.05, 3.63) is 0 Å². The van der Waals surface area contributed by atoms with E-state index in [0.29, 0.717) is 0 Å². The van der Waals surface area contributed by atoms with Gasteiger partial charge in [-0.05, 0) is 45.7 Å². The molecule has 0 aromatic heterocycles. The molecule has 1 amide bonds. The summed E-state index contributed by atoms with van der Waals surface area (Å²) in [5, 5.41) is 6.59. The first-order valence-corrected chi connectivity index (χ1v) is 9.32. The van der Waals surface area contributed by atoms with Crippen molar-refractivity contribution in [3.8, 4) is 0 Å². The molecule has 2 aliphatic rings. The van der Waals surface area contributed by atoms with Gasteiger partial charge in [-0.3, -0.25) is 4.79 Å². The summed E-state index contributed by atoms with van der Waals surface area (Å²) in [5.41, 5.74) is 0. The van der Waals surface area contributed by atoms with Gasteiger partial charge >= 0.3 is 0 Å². The number of aliphatic imine (C=N–C) groups is 1. The van der Waals surface area contributed by atoms with Crippen LogP contribution in [0.3, 0.4) is 0 Å². The van der Waals surface area contributed by atoms with Crippen LogP contribution in [-0.2, 0) is 4.79 Å². The topological polar surface area (TPSA) is 60.0 Å². The zero-order valence-electron chi connectivity index (χ0n) is 15.1. The lowest BCUT2D eigenvalue weighted by atomic mass is 10.2. The van der Waals surface area contributed by atoms with Gasteiger partial charge in [-0.2, -0.15) is 0 Å². The predicted octanol–water partition coefficient (Wildman–Crippen LogP) is 1.66. The summed E-state index contributed by atoms with van der Waals surface area (Å²) < 4.78 is 0. The second kappa shape index (κ2) is 12.7. The molecule has 0 atom stereocenters. The van der Waals surface area contributed by atoms with Crippen LogP contribution in [0.4, 0.5) is 0 Å². The number of rotatable bonds is 6. The summed E-state index contributed by atoms with van der Waals surface area (Å²) in [6.07, 6.45) is 7.63. The summed E-state index contributed by atoms with van der Waals surface area (Å²) in [6.45, 7) is 9.25. The molecule has 7 heteroatoms. The fourth-order valence-corrected chi connectivity index (χ4v) is 3.25. The molecule has 0 aromatic rings. The maximum Gasteiger partial charge on any atom is 0.244 e. The van der Waals surface area contributed by atoms with Crippen LogP contribution in [0.1, 0.15) is 45.4 Å². The van der Waals surface area contributed by atoms with E-state index >= 15 is 0 Å². The number of guanidine groups is 1. The second-order valence-electron chi connectivity index (χ2n) is 6.47. The van der Waals surface area contributed by atoms with E-state index in [4.69, 9.17) is 0 Å². The van der Waals surface area contributed by atoms with Crippen LogP contribution in [0.5, 0.6) is 0 Å². The Balaban J connectivity index is 0.00000288. The van der Waals surface area contributed by atoms with Crippen molar-refractivity contribution < 1.29 is 4.79 Å². The number of hydrogen-bond acceptors (Lipinski definition) is 3. The Hall–Kier alpha value is -0.570. The lowest BCUT2D eigenvalue weighted by molar-refractivity contribution is -0.128. The van der Waals surface area contributed by atoms with Crippen molar-refractivity contribution in [3.63, 3.8) is 0 Å². The van der Waals surface area contributed by atoms with Crippen molar-refractivity contribution in [1.29, 1.82) is 0 Å². The van der Waals surface area contributed by atoms with E-state index in [2.05, 4.69) is 20.5 Å². The Morgan fingerprint density at radius 3 is 2.21 bits per heavy atom. The van der Waals surface area contributed by atoms with E-state index < -0.39 is 0 Å². The summed E-state index contributed by atoms with van der Waals surface area (Å²) in [6, 6.07) is 0. The Labute approximate surface area is 163 Å². The molecule has 24 heavy (non-hydrogen) atoms. The lowest BCUT2D eigenvalue weighted by Gasteiger charge is -2.21. The third-order valence-corrected chi connectivity index (χ3v) is 4.59. The lowest BCUT2D eigenvalue weighted by Crippen LogP contribution is -2.42. The second-order valence-corrected chi connectivity index (χ2v) is 6.47. The van der Waals surface area contributed by atoms with Gasteiger partial charge in [0, 0.05) is 32.7 Å². The molecule has 0 aromatic carbocycles. The Morgan fingerprint density at radius 2 is 1.58 bits per heavy atom. The third kappa shape index (κ3) is 8.00. The van der Waals surface area contributed by atoms with Crippen molar-refractivity contribution in [2.24, 2.45) is 4.99 Å². The van der Waals surface area contributed by atoms with Crippen LogP contribution in [0, 0.1) is 0 Å². The van der Waals surface area contributed by atoms with Gasteiger partial charge in [0.1, 0.15) is 6.54 Å². The number of amides is 1. The van der Waals surface area contributed by atoms with Crippen LogP contribution in [0.2, 0.25) is 0 Å². The molecule has 0 unspecified atom stereocenters. The quantitative estimate of drug-likeness (QED) is 0.367. The van der Waals surface area contributed by atoms with Gasteiger partial charge in [0.15, 0.2) is 5.96 Å². The molecule has 2 aliphatic heterocycles. The fraction of sp³-hybridized carbons (Fsp3) is 0.882. The van der Waals surface area contributed by atoms with Crippen LogP contribution < -0.4 is 10.6 Å². The van der Waals surface area contributed by atoms with Crippen molar-refractivity contribution in [1.82, 2.24) is 20.4 Å². The number of carbonyl (C=O) groups excluding carboxylic acids is 1. The first kappa shape index (κ1) is 21.5. The fourth-order valence-electron chi connectivity index (χ4n) is 3.25. The summed E-state index contributed by atoms with van der Waals surface area (Å²) in [7, 11) is 0. The molecule has 0 spiro atoms. The first-order chi connectivity index (χ1) is 11.3. The van der Waals surface area contributed by atoms with E-state index in [9.17, 15) is 4.79 Å². The minimum absolute atomic E-state index is 0. The highest BCUT2D eigenvalue weighted by Gasteiger charge is 2.17. The summed E-state index contributed by atoms with van der Waals surface area (Å²) in [4.78, 5) is 21.0. The van der Waals surface area contributed by atoms with Crippen LogP contribution in [0.15, 0.2) is 4.99 Å². The van der Waals surface area contributed by atoms with Gasteiger partial charge in [0.05, 0.1) is 0 Å². The largest absolute Gasteiger partial charge is 0.357 e. The monoisotopic (exact) mass is 451 g/mol. The van der Waals surface area contributed by atoms with Gasteiger partial charge < -0.3 is 20.4 Å². The smallest absolute Gasteiger partial charge is 0.244 e. The van der Waals surface area contributed by atoms with E-state index in [1.54, 1.807) is 0 Å². The number of nitrogens with one attached hydrogen (secondary N) is 2. The Kier molecular flexibility index (Phi) is 11.4. The standard InChI is InChI=1S/C17H33N5O.HI/c1-2-18-17(20-15-16(23)22-12-7-8-13-22)19-9-14-21-10-5-3-4-6-11-21;/h2-15H2,1H3,(H2,18,19,20);1H. The number of halogens is 1. The van der Waals surface area contributed by atoms with Gasteiger partial charge in [-0.25, -0.2) is 4.99 Å². The molecular weight excluding hydrogens is 417 g/mol. The SMILES string of the molecule is CCNC(=NCC(=O)N1CCCC1)NCCN1CCCCCC1.I. The van der Waals surface area contributed by atoms with E-state index in [0.717, 1.165) is 51.5 Å². The van der Waals surface area contributed by atoms with E-state index in [1.165, 1.54) is 38.8 Å². The maximum atomic E-state index is 12.1. The highest BCUT2D eigenvalue weighted by molar-refractivity contribution is 14.0. The summed E-state index contributed by atoms with van der Waals surface area (Å²) in [5.74, 6) is 0.905. The Morgan fingerprint density at radius 1 is 0.958 bits per heavy atom. The molecule has 2 N–H and O–H groups in total. The molecule has 0 radical (unpaired) electrons. The zero-order valence-corrected chi connectivity index (χ0v) is 17.4. The summed E-state index contributed by atoms with van der Waals surface area (Å²) >= 11 is 0. The first-order valence-electron chi connectivity index (χ1n) is 9.32. The number of hydrogen-bond donors (Lipinski definition) is 2. The van der Waals surface area contributed by atoms with Gasteiger partial charge in [0.25, 0.3) is 0 Å². The maximum absolute atomic E-state index is 12.1. The molecular formula is C17H34IN5O. The van der Waals surface area contributed by atoms with Crippen molar-refractivity contribution >= 4 is 35.8 Å². The average molecular weight is 451 g/mol. The van der Waals surface area contributed by atoms with E-state index in [-0.39, 0.29) is 36.4 Å². The molecule has 2 saturated heterocycles. The van der Waals surface area contributed by atoms with Crippen molar-refractivity contribution in [2.45, 2.75) is 45.4 Å². The van der Waals surface area contributed by atoms with Crippen molar-refractivity contribution in [2.75, 3.05) is 52.4 Å². The zero-order chi connectivity index (χ0) is 16.3. The molecule has 0 aliphatic carbocycles. The van der Waals surface area contributed by atoms with Crippen LogP contribution >= 0.6 is 24.0 Å². The highest BCUT2D eigenvalue weighted by Crippen LogP contribution is 2.09. The molecule has 0 bridgehead atoms. The number of carbonyl (C=O) groups is 1. The molecule has 2 fully saturated rings. The normalized spacial score (nSPS) is 19.5.